The summed E-state index contributed by atoms with van der Waals surface area (Å²) in [6.07, 6.45) is 3.75. The average molecular weight is 303 g/mol. The third kappa shape index (κ3) is 3.46. The number of carbonyl (C=O) groups is 1. The van der Waals surface area contributed by atoms with E-state index in [1.54, 1.807) is 6.08 Å². The van der Waals surface area contributed by atoms with Gasteiger partial charge in [-0.05, 0) is 42.7 Å². The molecule has 1 heterocycles. The first kappa shape index (κ1) is 15.0. The maximum Gasteiger partial charge on any atom is 0.363 e. The molecule has 3 heteroatoms. The van der Waals surface area contributed by atoms with Crippen molar-refractivity contribution in [3.8, 4) is 0 Å². The minimum Gasteiger partial charge on any atom is -0.402 e. The third-order valence-corrected chi connectivity index (χ3v) is 3.55. The van der Waals surface area contributed by atoms with Crippen LogP contribution in [0.15, 0.2) is 76.9 Å². The number of nitrogens with zero attached hydrogens (tertiary/aromatic N) is 1. The second kappa shape index (κ2) is 6.44. The number of ether oxygens (including phenoxy) is 1. The van der Waals surface area contributed by atoms with Crippen LogP contribution in [0.3, 0.4) is 0 Å². The Morgan fingerprint density at radius 3 is 2.48 bits per heavy atom. The standard InChI is InChI=1S/C20H17NO2/c1-14(12-16-9-4-3-5-10-16)13-18-20(22)23-19(21-18)17-11-7-6-8-15(17)2/h3-13H,1-2H3/b14-12+,18-13-. The molecule has 0 aromatic heterocycles. The van der Waals surface area contributed by atoms with Crippen molar-refractivity contribution in [1.29, 1.82) is 0 Å². The van der Waals surface area contributed by atoms with E-state index in [9.17, 15) is 4.79 Å². The molecule has 0 bridgehead atoms. The second-order valence-electron chi connectivity index (χ2n) is 5.45. The molecule has 0 spiro atoms. The van der Waals surface area contributed by atoms with Crippen LogP contribution in [0.4, 0.5) is 0 Å². The number of rotatable bonds is 3. The van der Waals surface area contributed by atoms with E-state index in [1.807, 2.05) is 74.5 Å². The van der Waals surface area contributed by atoms with Gasteiger partial charge in [-0.2, -0.15) is 0 Å². The molecular formula is C20H17NO2. The van der Waals surface area contributed by atoms with E-state index in [2.05, 4.69) is 4.99 Å². The van der Waals surface area contributed by atoms with Gasteiger partial charge in [-0.15, -0.1) is 0 Å². The molecule has 0 saturated carbocycles. The van der Waals surface area contributed by atoms with Gasteiger partial charge in [0.25, 0.3) is 0 Å². The third-order valence-electron chi connectivity index (χ3n) is 3.55. The number of cyclic esters (lactones) is 1. The number of hydrogen-bond acceptors (Lipinski definition) is 3. The molecule has 0 N–H and O–H groups in total. The van der Waals surface area contributed by atoms with Crippen LogP contribution < -0.4 is 0 Å². The number of benzene rings is 2. The Labute approximate surface area is 135 Å². The van der Waals surface area contributed by atoms with Crippen molar-refractivity contribution in [1.82, 2.24) is 0 Å². The Hall–Kier alpha value is -2.94. The van der Waals surface area contributed by atoms with E-state index in [4.69, 9.17) is 4.74 Å². The molecular weight excluding hydrogens is 286 g/mol. The fraction of sp³-hybridized carbons (Fsp3) is 0.100. The van der Waals surface area contributed by atoms with Gasteiger partial charge in [-0.1, -0.05) is 54.6 Å². The van der Waals surface area contributed by atoms with Crippen molar-refractivity contribution in [2.45, 2.75) is 13.8 Å². The number of allylic oxidation sites excluding steroid dienone is 2. The first-order valence-electron chi connectivity index (χ1n) is 7.45. The van der Waals surface area contributed by atoms with Gasteiger partial charge in [0.1, 0.15) is 0 Å². The van der Waals surface area contributed by atoms with Gasteiger partial charge in [-0.25, -0.2) is 9.79 Å². The number of carbonyl (C=O) groups excluding carboxylic acids is 1. The van der Waals surface area contributed by atoms with Gasteiger partial charge >= 0.3 is 5.97 Å². The van der Waals surface area contributed by atoms with Gasteiger partial charge in [-0.3, -0.25) is 0 Å². The molecule has 2 aromatic carbocycles. The van der Waals surface area contributed by atoms with Crippen LogP contribution in [0.5, 0.6) is 0 Å². The second-order valence-corrected chi connectivity index (χ2v) is 5.45. The van der Waals surface area contributed by atoms with E-state index >= 15 is 0 Å². The maximum atomic E-state index is 12.0. The molecule has 0 saturated heterocycles. The summed E-state index contributed by atoms with van der Waals surface area (Å²) >= 11 is 0. The molecule has 1 aliphatic heterocycles. The van der Waals surface area contributed by atoms with Crippen LogP contribution in [0.1, 0.15) is 23.6 Å². The lowest BCUT2D eigenvalue weighted by Crippen LogP contribution is -2.06. The van der Waals surface area contributed by atoms with E-state index < -0.39 is 5.97 Å². The van der Waals surface area contributed by atoms with E-state index in [-0.39, 0.29) is 0 Å². The fourth-order valence-corrected chi connectivity index (χ4v) is 2.41. The minimum absolute atomic E-state index is 0.327. The summed E-state index contributed by atoms with van der Waals surface area (Å²) in [7, 11) is 0. The highest BCUT2D eigenvalue weighted by Gasteiger charge is 2.24. The van der Waals surface area contributed by atoms with Crippen LogP contribution in [-0.4, -0.2) is 11.9 Å². The molecule has 1 aliphatic rings. The lowest BCUT2D eigenvalue weighted by atomic mass is 10.1. The Morgan fingerprint density at radius 1 is 1.04 bits per heavy atom. The van der Waals surface area contributed by atoms with Crippen molar-refractivity contribution < 1.29 is 9.53 Å². The molecule has 0 fully saturated rings. The van der Waals surface area contributed by atoms with E-state index in [1.165, 1.54) is 0 Å². The normalized spacial score (nSPS) is 16.4. The Bertz CT molecular complexity index is 830. The average Bonchev–Trinajstić information content (AvgIpc) is 2.89. The summed E-state index contributed by atoms with van der Waals surface area (Å²) < 4.78 is 5.31. The molecule has 0 atom stereocenters. The first-order chi connectivity index (χ1) is 11.1. The molecule has 3 nitrogen and oxygen atoms in total. The van der Waals surface area contributed by atoms with Gasteiger partial charge in [0.2, 0.25) is 5.90 Å². The van der Waals surface area contributed by atoms with Crippen LogP contribution >= 0.6 is 0 Å². The van der Waals surface area contributed by atoms with Crippen LogP contribution in [0, 0.1) is 6.92 Å². The summed E-state index contributed by atoms with van der Waals surface area (Å²) in [5.41, 5.74) is 4.22. The molecule has 2 aromatic rings. The molecule has 0 amide bonds. The van der Waals surface area contributed by atoms with Crippen molar-refractivity contribution in [3.63, 3.8) is 0 Å². The van der Waals surface area contributed by atoms with Crippen molar-refractivity contribution >= 4 is 17.9 Å². The zero-order chi connectivity index (χ0) is 16.2. The number of esters is 1. The highest BCUT2D eigenvalue weighted by molar-refractivity contribution is 6.11. The number of hydrogen-bond donors (Lipinski definition) is 0. The number of aliphatic imine (C=N–C) groups is 1. The summed E-state index contributed by atoms with van der Waals surface area (Å²) in [5.74, 6) is -0.0454. The van der Waals surface area contributed by atoms with E-state index in [0.717, 1.165) is 22.3 Å². The van der Waals surface area contributed by atoms with Crippen molar-refractivity contribution in [3.05, 3.63) is 88.6 Å². The fourth-order valence-electron chi connectivity index (χ4n) is 2.41. The zero-order valence-electron chi connectivity index (χ0n) is 13.1. The topological polar surface area (TPSA) is 38.7 Å². The predicted octanol–water partition coefficient (Wildman–Crippen LogP) is 4.29. The van der Waals surface area contributed by atoms with Crippen molar-refractivity contribution in [2.75, 3.05) is 0 Å². The summed E-state index contributed by atoms with van der Waals surface area (Å²) in [5, 5.41) is 0. The molecule has 0 unspecified atom stereocenters. The van der Waals surface area contributed by atoms with E-state index in [0.29, 0.717) is 11.6 Å². The Morgan fingerprint density at radius 2 is 1.74 bits per heavy atom. The van der Waals surface area contributed by atoms with Crippen LogP contribution in [0.25, 0.3) is 6.08 Å². The largest absolute Gasteiger partial charge is 0.402 e. The van der Waals surface area contributed by atoms with Gasteiger partial charge < -0.3 is 4.74 Å². The van der Waals surface area contributed by atoms with Gasteiger partial charge in [0.15, 0.2) is 5.70 Å². The van der Waals surface area contributed by atoms with Gasteiger partial charge in [0, 0.05) is 5.56 Å². The highest BCUT2D eigenvalue weighted by Crippen LogP contribution is 2.20. The molecule has 0 radical (unpaired) electrons. The van der Waals surface area contributed by atoms with Gasteiger partial charge in [0.05, 0.1) is 0 Å². The first-order valence-corrected chi connectivity index (χ1v) is 7.45. The van der Waals surface area contributed by atoms with Crippen molar-refractivity contribution in [2.24, 2.45) is 4.99 Å². The highest BCUT2D eigenvalue weighted by atomic mass is 16.6. The Kier molecular flexibility index (Phi) is 4.20. The van der Waals surface area contributed by atoms with Crippen LogP contribution in [-0.2, 0) is 9.53 Å². The predicted molar refractivity (Wildman–Crippen MR) is 92.0 cm³/mol. The summed E-state index contributed by atoms with van der Waals surface area (Å²) in [6, 6.07) is 17.7. The molecule has 3 rings (SSSR count). The maximum absolute atomic E-state index is 12.0. The molecule has 114 valence electrons. The Balaban J connectivity index is 1.89. The quantitative estimate of drug-likeness (QED) is 0.627. The summed E-state index contributed by atoms with van der Waals surface area (Å²) in [4.78, 5) is 16.4. The molecule has 23 heavy (non-hydrogen) atoms. The zero-order valence-corrected chi connectivity index (χ0v) is 13.1. The molecule has 0 aliphatic carbocycles. The number of aryl methyl sites for hydroxylation is 1. The monoisotopic (exact) mass is 303 g/mol. The lowest BCUT2D eigenvalue weighted by Gasteiger charge is -2.02. The van der Waals surface area contributed by atoms with Crippen LogP contribution in [0.2, 0.25) is 0 Å². The smallest absolute Gasteiger partial charge is 0.363 e. The summed E-state index contributed by atoms with van der Waals surface area (Å²) in [6.45, 7) is 3.91. The lowest BCUT2D eigenvalue weighted by molar-refractivity contribution is -0.130. The SMILES string of the molecule is CC(/C=C1\N=C(c2ccccc2C)OC1=O)=C\c1ccccc1. The minimum atomic E-state index is -0.413.